The fraction of sp³-hybridized carbons (Fsp3) is 0.385. The van der Waals surface area contributed by atoms with Crippen LogP contribution in [0.5, 0.6) is 0 Å². The lowest BCUT2D eigenvalue weighted by Crippen LogP contribution is -2.33. The molecule has 0 aliphatic heterocycles. The number of hydrogen-bond acceptors (Lipinski definition) is 1. The normalized spacial score (nSPS) is 19.5. The summed E-state index contributed by atoms with van der Waals surface area (Å²) in [6.07, 6.45) is 3.12. The number of fused-ring (bicyclic) bond motifs is 1. The summed E-state index contributed by atoms with van der Waals surface area (Å²) in [6.45, 7) is 1.81. The standard InChI is InChI=1S/C13H14F2N2/c1-7(16)13(3-4-13)10-9(14)6-8-2-5-17-12(8)11(10)15/h2,5-7,17H,3-4,16H2,1H3. The van der Waals surface area contributed by atoms with Crippen LogP contribution in [0.1, 0.15) is 25.3 Å². The van der Waals surface area contributed by atoms with E-state index in [9.17, 15) is 8.78 Å². The van der Waals surface area contributed by atoms with Gasteiger partial charge < -0.3 is 10.7 Å². The SMILES string of the molecule is CC(N)C1(c2c(F)cc3cc[nH]c3c2F)CC1. The third-order valence-electron chi connectivity index (χ3n) is 3.90. The number of rotatable bonds is 2. The third kappa shape index (κ3) is 1.33. The quantitative estimate of drug-likeness (QED) is 0.827. The molecular weight excluding hydrogens is 222 g/mol. The minimum atomic E-state index is -0.506. The molecule has 0 bridgehead atoms. The van der Waals surface area contributed by atoms with E-state index in [0.29, 0.717) is 10.9 Å². The molecule has 1 aromatic heterocycles. The Morgan fingerprint density at radius 1 is 1.41 bits per heavy atom. The van der Waals surface area contributed by atoms with Crippen LogP contribution in [-0.2, 0) is 5.41 Å². The van der Waals surface area contributed by atoms with Gasteiger partial charge >= 0.3 is 0 Å². The minimum Gasteiger partial charge on any atom is -0.359 e. The lowest BCUT2D eigenvalue weighted by molar-refractivity contribution is 0.477. The summed E-state index contributed by atoms with van der Waals surface area (Å²) in [5.41, 5.74) is 5.90. The Labute approximate surface area is 97.8 Å². The van der Waals surface area contributed by atoms with Gasteiger partial charge in [0.25, 0.3) is 0 Å². The van der Waals surface area contributed by atoms with Crippen molar-refractivity contribution in [3.8, 4) is 0 Å². The predicted molar refractivity (Wildman–Crippen MR) is 62.8 cm³/mol. The van der Waals surface area contributed by atoms with E-state index in [-0.39, 0.29) is 11.6 Å². The second-order valence-electron chi connectivity index (χ2n) is 4.93. The van der Waals surface area contributed by atoms with Gasteiger partial charge in [-0.25, -0.2) is 8.78 Å². The zero-order valence-electron chi connectivity index (χ0n) is 9.56. The third-order valence-corrected chi connectivity index (χ3v) is 3.90. The summed E-state index contributed by atoms with van der Waals surface area (Å²) in [4.78, 5) is 2.81. The van der Waals surface area contributed by atoms with Gasteiger partial charge in [0.05, 0.1) is 5.52 Å². The summed E-state index contributed by atoms with van der Waals surface area (Å²) in [5.74, 6) is -0.968. The van der Waals surface area contributed by atoms with Crippen molar-refractivity contribution < 1.29 is 8.78 Å². The Balaban J connectivity index is 2.29. The molecule has 90 valence electrons. The maximum Gasteiger partial charge on any atom is 0.153 e. The van der Waals surface area contributed by atoms with Gasteiger partial charge in [-0.3, -0.25) is 0 Å². The van der Waals surface area contributed by atoms with Crippen molar-refractivity contribution in [1.82, 2.24) is 4.98 Å². The molecule has 2 nitrogen and oxygen atoms in total. The topological polar surface area (TPSA) is 41.8 Å². The van der Waals surface area contributed by atoms with Crippen molar-refractivity contribution in [2.45, 2.75) is 31.2 Å². The fourth-order valence-corrected chi connectivity index (χ4v) is 2.65. The fourth-order valence-electron chi connectivity index (χ4n) is 2.65. The molecule has 1 atom stereocenters. The molecule has 1 heterocycles. The first-order chi connectivity index (χ1) is 8.06. The van der Waals surface area contributed by atoms with Gasteiger partial charge in [-0.1, -0.05) is 0 Å². The molecule has 1 fully saturated rings. The largest absolute Gasteiger partial charge is 0.359 e. The van der Waals surface area contributed by atoms with Crippen molar-refractivity contribution in [1.29, 1.82) is 0 Å². The van der Waals surface area contributed by atoms with Crippen LogP contribution in [0.15, 0.2) is 18.3 Å². The van der Waals surface area contributed by atoms with E-state index in [4.69, 9.17) is 5.73 Å². The first-order valence-corrected chi connectivity index (χ1v) is 5.77. The maximum absolute atomic E-state index is 14.3. The molecule has 0 amide bonds. The monoisotopic (exact) mass is 236 g/mol. The summed E-state index contributed by atoms with van der Waals surface area (Å²) >= 11 is 0. The molecule has 1 unspecified atom stereocenters. The highest BCUT2D eigenvalue weighted by molar-refractivity contribution is 5.81. The van der Waals surface area contributed by atoms with E-state index < -0.39 is 17.0 Å². The molecule has 0 spiro atoms. The van der Waals surface area contributed by atoms with E-state index in [1.54, 1.807) is 12.3 Å². The average molecular weight is 236 g/mol. The first-order valence-electron chi connectivity index (χ1n) is 5.77. The molecule has 0 radical (unpaired) electrons. The zero-order valence-corrected chi connectivity index (χ0v) is 9.56. The Morgan fingerprint density at radius 3 is 2.71 bits per heavy atom. The highest BCUT2D eigenvalue weighted by Crippen LogP contribution is 2.52. The van der Waals surface area contributed by atoms with E-state index in [2.05, 4.69) is 4.98 Å². The van der Waals surface area contributed by atoms with Gasteiger partial charge in [-0.2, -0.15) is 0 Å². The highest BCUT2D eigenvalue weighted by atomic mass is 19.1. The average Bonchev–Trinajstić information content (AvgIpc) is 2.91. The van der Waals surface area contributed by atoms with Crippen molar-refractivity contribution in [3.05, 3.63) is 35.5 Å². The van der Waals surface area contributed by atoms with Crippen LogP contribution in [0, 0.1) is 11.6 Å². The zero-order chi connectivity index (χ0) is 12.2. The number of hydrogen-bond donors (Lipinski definition) is 2. The number of nitrogens with two attached hydrogens (primary N) is 1. The second kappa shape index (κ2) is 3.29. The van der Waals surface area contributed by atoms with Crippen LogP contribution in [0.4, 0.5) is 8.78 Å². The molecule has 3 N–H and O–H groups in total. The molecule has 1 aromatic carbocycles. The first kappa shape index (κ1) is 10.7. The summed E-state index contributed by atoms with van der Waals surface area (Å²) in [6, 6.07) is 2.81. The molecule has 3 rings (SSSR count). The van der Waals surface area contributed by atoms with Crippen LogP contribution in [-0.4, -0.2) is 11.0 Å². The second-order valence-corrected chi connectivity index (χ2v) is 4.93. The summed E-state index contributed by atoms with van der Waals surface area (Å²) in [7, 11) is 0. The van der Waals surface area contributed by atoms with Gasteiger partial charge in [0.1, 0.15) is 5.82 Å². The summed E-state index contributed by atoms with van der Waals surface area (Å²) in [5, 5.41) is 0.559. The van der Waals surface area contributed by atoms with Crippen LogP contribution in [0.2, 0.25) is 0 Å². The molecule has 4 heteroatoms. The van der Waals surface area contributed by atoms with E-state index in [1.165, 1.54) is 6.07 Å². The van der Waals surface area contributed by atoms with E-state index in [0.717, 1.165) is 12.8 Å². The number of halogens is 2. The molecule has 1 aliphatic carbocycles. The van der Waals surface area contributed by atoms with E-state index >= 15 is 0 Å². The predicted octanol–water partition coefficient (Wildman–Crippen LogP) is 2.82. The molecular formula is C13H14F2N2. The van der Waals surface area contributed by atoms with Crippen LogP contribution in [0.3, 0.4) is 0 Å². The van der Waals surface area contributed by atoms with Gasteiger partial charge in [0.15, 0.2) is 5.82 Å². The smallest absolute Gasteiger partial charge is 0.153 e. The molecule has 17 heavy (non-hydrogen) atoms. The maximum atomic E-state index is 14.3. The van der Waals surface area contributed by atoms with Crippen molar-refractivity contribution in [3.63, 3.8) is 0 Å². The lowest BCUT2D eigenvalue weighted by atomic mass is 9.88. The Morgan fingerprint density at radius 2 is 2.12 bits per heavy atom. The minimum absolute atomic E-state index is 0.155. The number of benzene rings is 1. The number of H-pyrrole nitrogens is 1. The van der Waals surface area contributed by atoms with Crippen LogP contribution >= 0.6 is 0 Å². The number of aromatic nitrogens is 1. The molecule has 0 saturated heterocycles. The van der Waals surface area contributed by atoms with Crippen LogP contribution in [0.25, 0.3) is 10.9 Å². The molecule has 1 saturated carbocycles. The van der Waals surface area contributed by atoms with Gasteiger partial charge in [-0.05, 0) is 31.9 Å². The van der Waals surface area contributed by atoms with E-state index in [1.807, 2.05) is 6.92 Å². The summed E-state index contributed by atoms with van der Waals surface area (Å²) < 4.78 is 28.4. The Bertz CT molecular complexity index is 582. The molecule has 2 aromatic rings. The van der Waals surface area contributed by atoms with Crippen molar-refractivity contribution >= 4 is 10.9 Å². The Kier molecular flexibility index (Phi) is 2.08. The van der Waals surface area contributed by atoms with Gasteiger partial charge in [0.2, 0.25) is 0 Å². The van der Waals surface area contributed by atoms with Crippen molar-refractivity contribution in [2.75, 3.05) is 0 Å². The lowest BCUT2D eigenvalue weighted by Gasteiger charge is -2.21. The van der Waals surface area contributed by atoms with Crippen molar-refractivity contribution in [2.24, 2.45) is 5.73 Å². The highest BCUT2D eigenvalue weighted by Gasteiger charge is 2.51. The number of aromatic amines is 1. The number of nitrogens with one attached hydrogen (secondary N) is 1. The van der Waals surface area contributed by atoms with Gasteiger partial charge in [-0.15, -0.1) is 0 Å². The molecule has 1 aliphatic rings. The van der Waals surface area contributed by atoms with Gasteiger partial charge in [0, 0.05) is 28.6 Å². The van der Waals surface area contributed by atoms with Crippen LogP contribution < -0.4 is 5.73 Å². The Hall–Kier alpha value is -1.42.